The van der Waals surface area contributed by atoms with Gasteiger partial charge in [0.1, 0.15) is 6.04 Å². The Balaban J connectivity index is 2.25. The quantitative estimate of drug-likeness (QED) is 0.411. The highest BCUT2D eigenvalue weighted by Gasteiger charge is 2.31. The molecule has 0 saturated heterocycles. The summed E-state index contributed by atoms with van der Waals surface area (Å²) < 4.78 is 0. The normalized spacial score (nSPS) is 11.1. The van der Waals surface area contributed by atoms with Gasteiger partial charge in [-0.05, 0) is 11.1 Å². The number of carbonyl (C=O) groups excluding carboxylic acids is 2. The summed E-state index contributed by atoms with van der Waals surface area (Å²) in [5, 5.41) is 13.5. The molecule has 7 heteroatoms. The summed E-state index contributed by atoms with van der Waals surface area (Å²) in [7, 11) is 0. The molecule has 2 amide bonds. The van der Waals surface area contributed by atoms with Gasteiger partial charge in [-0.1, -0.05) is 66.6 Å². The molecule has 1 unspecified atom stereocenters. The van der Waals surface area contributed by atoms with Crippen molar-refractivity contribution in [2.75, 3.05) is 13.1 Å². The number of hydrogen-bond acceptors (Lipinski definition) is 4. The van der Waals surface area contributed by atoms with Crippen molar-refractivity contribution >= 4 is 11.8 Å². The van der Waals surface area contributed by atoms with Gasteiger partial charge >= 0.3 is 0 Å². The van der Waals surface area contributed by atoms with Crippen LogP contribution in [0.5, 0.6) is 0 Å². The van der Waals surface area contributed by atoms with Crippen LogP contribution in [0.25, 0.3) is 0 Å². The SMILES string of the molecule is C#CCN(C(=O)CC[N+](=O)[O-])C(C(=O)NCc1ccccc1)c1ccccc1. The Bertz CT molecular complexity index is 847. The number of nitro groups is 1. The number of terminal acetylenes is 1. The van der Waals surface area contributed by atoms with E-state index in [1.165, 1.54) is 4.90 Å². The Labute approximate surface area is 163 Å². The number of carbonyl (C=O) groups is 2. The zero-order chi connectivity index (χ0) is 20.4. The van der Waals surface area contributed by atoms with E-state index < -0.39 is 29.3 Å². The van der Waals surface area contributed by atoms with Gasteiger partial charge in [0.25, 0.3) is 0 Å². The number of amides is 2. The van der Waals surface area contributed by atoms with E-state index in [1.54, 1.807) is 30.3 Å². The Morgan fingerprint density at radius 2 is 1.71 bits per heavy atom. The second-order valence-electron chi connectivity index (χ2n) is 6.05. The first-order valence-corrected chi connectivity index (χ1v) is 8.74. The summed E-state index contributed by atoms with van der Waals surface area (Å²) in [5.74, 6) is 1.42. The van der Waals surface area contributed by atoms with Gasteiger partial charge in [-0.2, -0.15) is 0 Å². The van der Waals surface area contributed by atoms with Crippen LogP contribution in [0.2, 0.25) is 0 Å². The molecule has 1 atom stereocenters. The van der Waals surface area contributed by atoms with Crippen LogP contribution in [-0.4, -0.2) is 34.7 Å². The monoisotopic (exact) mass is 379 g/mol. The van der Waals surface area contributed by atoms with Crippen LogP contribution in [0.3, 0.4) is 0 Å². The molecule has 0 bridgehead atoms. The molecule has 0 aliphatic rings. The van der Waals surface area contributed by atoms with Crippen LogP contribution in [0.4, 0.5) is 0 Å². The van der Waals surface area contributed by atoms with Crippen molar-refractivity contribution in [2.45, 2.75) is 19.0 Å². The van der Waals surface area contributed by atoms with Gasteiger partial charge in [0.15, 0.2) is 0 Å². The van der Waals surface area contributed by atoms with Crippen LogP contribution < -0.4 is 5.32 Å². The maximum absolute atomic E-state index is 13.0. The van der Waals surface area contributed by atoms with Crippen molar-refractivity contribution in [1.82, 2.24) is 10.2 Å². The Morgan fingerprint density at radius 3 is 2.29 bits per heavy atom. The smallest absolute Gasteiger partial charge is 0.247 e. The van der Waals surface area contributed by atoms with E-state index in [4.69, 9.17) is 6.42 Å². The molecule has 0 aliphatic carbocycles. The van der Waals surface area contributed by atoms with Crippen LogP contribution in [0.15, 0.2) is 60.7 Å². The van der Waals surface area contributed by atoms with Crippen LogP contribution in [-0.2, 0) is 16.1 Å². The minimum absolute atomic E-state index is 0.130. The van der Waals surface area contributed by atoms with Crippen molar-refractivity contribution in [3.05, 3.63) is 81.9 Å². The third kappa shape index (κ3) is 5.95. The second kappa shape index (κ2) is 10.5. The molecule has 144 valence electrons. The van der Waals surface area contributed by atoms with E-state index in [0.29, 0.717) is 5.56 Å². The van der Waals surface area contributed by atoms with E-state index >= 15 is 0 Å². The van der Waals surface area contributed by atoms with E-state index in [2.05, 4.69) is 11.2 Å². The van der Waals surface area contributed by atoms with Crippen LogP contribution in [0, 0.1) is 22.5 Å². The van der Waals surface area contributed by atoms with Gasteiger partial charge in [-0.3, -0.25) is 19.7 Å². The highest BCUT2D eigenvalue weighted by Crippen LogP contribution is 2.22. The summed E-state index contributed by atoms with van der Waals surface area (Å²) in [6.07, 6.45) is 5.07. The Kier molecular flexibility index (Phi) is 7.73. The van der Waals surface area contributed by atoms with E-state index in [-0.39, 0.29) is 19.5 Å². The molecule has 7 nitrogen and oxygen atoms in total. The van der Waals surface area contributed by atoms with Crippen LogP contribution in [0.1, 0.15) is 23.6 Å². The molecule has 0 fully saturated rings. The molecule has 0 radical (unpaired) electrons. The first-order chi connectivity index (χ1) is 13.5. The van der Waals surface area contributed by atoms with E-state index in [0.717, 1.165) is 5.56 Å². The highest BCUT2D eigenvalue weighted by atomic mass is 16.6. The molecule has 0 saturated carbocycles. The summed E-state index contributed by atoms with van der Waals surface area (Å²) in [6.45, 7) is -0.363. The molecule has 0 spiro atoms. The maximum atomic E-state index is 13.0. The van der Waals surface area contributed by atoms with Crippen molar-refractivity contribution in [3.8, 4) is 12.3 Å². The van der Waals surface area contributed by atoms with Gasteiger partial charge in [0, 0.05) is 11.5 Å². The van der Waals surface area contributed by atoms with Crippen molar-refractivity contribution in [1.29, 1.82) is 0 Å². The molecule has 0 aromatic heterocycles. The molecular weight excluding hydrogens is 358 g/mol. The maximum Gasteiger partial charge on any atom is 0.247 e. The third-order valence-electron chi connectivity index (χ3n) is 4.08. The Morgan fingerprint density at radius 1 is 1.11 bits per heavy atom. The molecule has 2 aromatic carbocycles. The lowest BCUT2D eigenvalue weighted by atomic mass is 10.0. The topological polar surface area (TPSA) is 92.6 Å². The predicted molar refractivity (Wildman–Crippen MR) is 104 cm³/mol. The summed E-state index contributed by atoms with van der Waals surface area (Å²) in [4.78, 5) is 36.8. The summed E-state index contributed by atoms with van der Waals surface area (Å²) in [5.41, 5.74) is 1.49. The number of nitrogens with zero attached hydrogens (tertiary/aromatic N) is 2. The molecule has 1 N–H and O–H groups in total. The minimum atomic E-state index is -0.972. The lowest BCUT2D eigenvalue weighted by Crippen LogP contribution is -2.44. The average molecular weight is 379 g/mol. The average Bonchev–Trinajstić information content (AvgIpc) is 2.71. The zero-order valence-electron chi connectivity index (χ0n) is 15.3. The van der Waals surface area contributed by atoms with Crippen molar-refractivity contribution in [3.63, 3.8) is 0 Å². The Hall–Kier alpha value is -3.66. The number of rotatable bonds is 9. The fourth-order valence-corrected chi connectivity index (χ4v) is 2.74. The minimum Gasteiger partial charge on any atom is -0.350 e. The molecular formula is C21H21N3O4. The zero-order valence-corrected chi connectivity index (χ0v) is 15.3. The number of nitrogens with one attached hydrogen (secondary N) is 1. The van der Waals surface area contributed by atoms with Crippen molar-refractivity contribution < 1.29 is 14.5 Å². The van der Waals surface area contributed by atoms with Gasteiger partial charge < -0.3 is 10.2 Å². The fourth-order valence-electron chi connectivity index (χ4n) is 2.74. The number of hydrogen-bond donors (Lipinski definition) is 1. The largest absolute Gasteiger partial charge is 0.350 e. The highest BCUT2D eigenvalue weighted by molar-refractivity contribution is 5.89. The molecule has 28 heavy (non-hydrogen) atoms. The summed E-state index contributed by atoms with van der Waals surface area (Å²) in [6, 6.07) is 17.1. The van der Waals surface area contributed by atoms with Gasteiger partial charge in [0.05, 0.1) is 13.0 Å². The number of benzene rings is 2. The van der Waals surface area contributed by atoms with Crippen molar-refractivity contribution in [2.24, 2.45) is 0 Å². The first kappa shape index (κ1) is 20.6. The van der Waals surface area contributed by atoms with Crippen LogP contribution >= 0.6 is 0 Å². The van der Waals surface area contributed by atoms with Gasteiger partial charge in [-0.15, -0.1) is 6.42 Å². The standard InChI is InChI=1S/C21H21N3O4/c1-2-14-23(19(25)13-15-24(27)28)20(18-11-7-4-8-12-18)21(26)22-16-17-9-5-3-6-10-17/h1,3-12,20H,13-16H2,(H,22,26). The predicted octanol–water partition coefficient (Wildman–Crippen LogP) is 2.17. The van der Waals surface area contributed by atoms with Gasteiger partial charge in [0.2, 0.25) is 18.4 Å². The lowest BCUT2D eigenvalue weighted by Gasteiger charge is -2.29. The fraction of sp³-hybridized carbons (Fsp3) is 0.238. The third-order valence-corrected chi connectivity index (χ3v) is 4.08. The molecule has 0 aliphatic heterocycles. The molecule has 2 aromatic rings. The molecule has 2 rings (SSSR count). The van der Waals surface area contributed by atoms with E-state index in [1.807, 2.05) is 30.3 Å². The first-order valence-electron chi connectivity index (χ1n) is 8.74. The second-order valence-corrected chi connectivity index (χ2v) is 6.05. The summed E-state index contributed by atoms with van der Waals surface area (Å²) >= 11 is 0. The molecule has 0 heterocycles. The lowest BCUT2D eigenvalue weighted by molar-refractivity contribution is -0.478. The van der Waals surface area contributed by atoms with E-state index in [9.17, 15) is 19.7 Å². The van der Waals surface area contributed by atoms with Gasteiger partial charge in [-0.25, -0.2) is 0 Å².